The Morgan fingerprint density at radius 1 is 1.11 bits per heavy atom. The molecule has 0 bridgehead atoms. The van der Waals surface area contributed by atoms with E-state index in [4.69, 9.17) is 21.7 Å². The van der Waals surface area contributed by atoms with Gasteiger partial charge in [-0.15, -0.1) is 0 Å². The van der Waals surface area contributed by atoms with Crippen LogP contribution in [0.2, 0.25) is 5.02 Å². The lowest BCUT2D eigenvalue weighted by Gasteiger charge is -2.20. The first-order valence-corrected chi connectivity index (χ1v) is 9.87. The SMILES string of the molecule is Cc1nc2c(c(C)nn2C(C)(C)C)c(C)c1CCC(=O)Nc1ccc(Cl)cc1. The van der Waals surface area contributed by atoms with Gasteiger partial charge in [0.15, 0.2) is 5.65 Å². The van der Waals surface area contributed by atoms with Crippen molar-refractivity contribution in [1.82, 2.24) is 14.8 Å². The number of carbonyl (C=O) groups is 1. The maximum absolute atomic E-state index is 12.4. The number of hydrogen-bond acceptors (Lipinski definition) is 3. The van der Waals surface area contributed by atoms with E-state index in [0.717, 1.165) is 39.2 Å². The van der Waals surface area contributed by atoms with Crippen molar-refractivity contribution >= 4 is 34.2 Å². The molecule has 3 aromatic rings. The topological polar surface area (TPSA) is 59.8 Å². The zero-order valence-corrected chi connectivity index (χ0v) is 18.1. The summed E-state index contributed by atoms with van der Waals surface area (Å²) in [4.78, 5) is 17.2. The van der Waals surface area contributed by atoms with E-state index >= 15 is 0 Å². The summed E-state index contributed by atoms with van der Waals surface area (Å²) in [5.74, 6) is -0.0247. The van der Waals surface area contributed by atoms with Gasteiger partial charge in [0.05, 0.1) is 11.2 Å². The van der Waals surface area contributed by atoms with Crippen LogP contribution in [0.3, 0.4) is 0 Å². The molecule has 1 N–H and O–H groups in total. The van der Waals surface area contributed by atoms with E-state index in [1.807, 2.05) is 18.5 Å². The summed E-state index contributed by atoms with van der Waals surface area (Å²) in [6.45, 7) is 12.5. The number of amides is 1. The van der Waals surface area contributed by atoms with Crippen LogP contribution in [0.4, 0.5) is 5.69 Å². The molecule has 148 valence electrons. The van der Waals surface area contributed by atoms with Crippen LogP contribution in [0.25, 0.3) is 11.0 Å². The highest BCUT2D eigenvalue weighted by atomic mass is 35.5. The zero-order valence-electron chi connectivity index (χ0n) is 17.4. The van der Waals surface area contributed by atoms with Gasteiger partial charge in [-0.05, 0) is 83.4 Å². The molecular formula is C22H27ClN4O. The predicted octanol–water partition coefficient (Wildman–Crippen LogP) is 5.34. The molecule has 0 saturated carbocycles. The van der Waals surface area contributed by atoms with Crippen molar-refractivity contribution in [2.75, 3.05) is 5.32 Å². The highest BCUT2D eigenvalue weighted by Crippen LogP contribution is 2.29. The van der Waals surface area contributed by atoms with Gasteiger partial charge in [-0.3, -0.25) is 4.79 Å². The molecule has 0 spiro atoms. The number of nitrogens with one attached hydrogen (secondary N) is 1. The van der Waals surface area contributed by atoms with Crippen molar-refractivity contribution in [2.24, 2.45) is 0 Å². The predicted molar refractivity (Wildman–Crippen MR) is 115 cm³/mol. The Morgan fingerprint density at radius 3 is 2.36 bits per heavy atom. The Balaban J connectivity index is 1.84. The number of aryl methyl sites for hydroxylation is 3. The van der Waals surface area contributed by atoms with E-state index in [9.17, 15) is 4.79 Å². The van der Waals surface area contributed by atoms with Gasteiger partial charge in [0, 0.05) is 28.2 Å². The maximum Gasteiger partial charge on any atom is 0.224 e. The number of benzene rings is 1. The van der Waals surface area contributed by atoms with E-state index in [2.05, 4.69) is 33.0 Å². The lowest BCUT2D eigenvalue weighted by molar-refractivity contribution is -0.116. The van der Waals surface area contributed by atoms with Gasteiger partial charge in [0.25, 0.3) is 0 Å². The Kier molecular flexibility index (Phi) is 5.48. The Hall–Kier alpha value is -2.40. The molecule has 0 aliphatic heterocycles. The molecule has 28 heavy (non-hydrogen) atoms. The lowest BCUT2D eigenvalue weighted by Crippen LogP contribution is -2.23. The minimum atomic E-state index is -0.141. The zero-order chi connectivity index (χ0) is 20.6. The average molecular weight is 399 g/mol. The van der Waals surface area contributed by atoms with Crippen LogP contribution >= 0.6 is 11.6 Å². The number of pyridine rings is 1. The summed E-state index contributed by atoms with van der Waals surface area (Å²) in [6, 6.07) is 7.13. The molecule has 0 fully saturated rings. The van der Waals surface area contributed by atoms with E-state index in [-0.39, 0.29) is 11.4 Å². The molecule has 0 atom stereocenters. The molecule has 6 heteroatoms. The molecule has 0 unspecified atom stereocenters. The fourth-order valence-electron chi connectivity index (χ4n) is 3.54. The van der Waals surface area contributed by atoms with E-state index in [1.165, 1.54) is 0 Å². The standard InChI is InChI=1S/C22H27ClN4O/c1-13-18(11-12-19(28)25-17-9-7-16(23)8-10-17)14(2)24-21-20(13)15(3)26-27(21)22(4,5)6/h7-10H,11-12H2,1-6H3,(H,25,28). The van der Waals surface area contributed by atoms with E-state index < -0.39 is 0 Å². The Bertz CT molecular complexity index is 1030. The minimum absolute atomic E-state index is 0.0247. The van der Waals surface area contributed by atoms with Crippen molar-refractivity contribution in [1.29, 1.82) is 0 Å². The van der Waals surface area contributed by atoms with Gasteiger partial charge < -0.3 is 5.32 Å². The Labute approximate surface area is 171 Å². The van der Waals surface area contributed by atoms with E-state index in [1.54, 1.807) is 24.3 Å². The van der Waals surface area contributed by atoms with Crippen LogP contribution in [0, 0.1) is 20.8 Å². The van der Waals surface area contributed by atoms with Crippen LogP contribution in [0.15, 0.2) is 24.3 Å². The smallest absolute Gasteiger partial charge is 0.224 e. The van der Waals surface area contributed by atoms with Crippen LogP contribution < -0.4 is 5.32 Å². The van der Waals surface area contributed by atoms with Gasteiger partial charge in [-0.1, -0.05) is 11.6 Å². The van der Waals surface area contributed by atoms with Gasteiger partial charge >= 0.3 is 0 Å². The summed E-state index contributed by atoms with van der Waals surface area (Å²) in [7, 11) is 0. The number of hydrogen-bond donors (Lipinski definition) is 1. The summed E-state index contributed by atoms with van der Waals surface area (Å²) >= 11 is 5.89. The fourth-order valence-corrected chi connectivity index (χ4v) is 3.66. The second-order valence-corrected chi connectivity index (χ2v) is 8.66. The largest absolute Gasteiger partial charge is 0.326 e. The highest BCUT2D eigenvalue weighted by Gasteiger charge is 2.23. The number of aromatic nitrogens is 3. The van der Waals surface area contributed by atoms with Crippen LogP contribution in [-0.4, -0.2) is 20.7 Å². The summed E-state index contributed by atoms with van der Waals surface area (Å²) < 4.78 is 1.99. The average Bonchev–Trinajstić information content (AvgIpc) is 2.93. The number of anilines is 1. The van der Waals surface area contributed by atoms with Crippen molar-refractivity contribution in [3.63, 3.8) is 0 Å². The quantitative estimate of drug-likeness (QED) is 0.645. The van der Waals surface area contributed by atoms with Crippen molar-refractivity contribution < 1.29 is 4.79 Å². The van der Waals surface area contributed by atoms with Gasteiger partial charge in [-0.25, -0.2) is 9.67 Å². The fraction of sp³-hybridized carbons (Fsp3) is 0.409. The first-order chi connectivity index (χ1) is 13.1. The summed E-state index contributed by atoms with van der Waals surface area (Å²) in [6.07, 6.45) is 1.03. The molecule has 0 radical (unpaired) electrons. The molecule has 0 aliphatic rings. The minimum Gasteiger partial charge on any atom is -0.326 e. The first kappa shape index (κ1) is 20.3. The number of nitrogens with zero attached hydrogens (tertiary/aromatic N) is 3. The summed E-state index contributed by atoms with van der Waals surface area (Å²) in [5.41, 5.74) is 5.73. The van der Waals surface area contributed by atoms with Crippen molar-refractivity contribution in [3.05, 3.63) is 51.8 Å². The number of fused-ring (bicyclic) bond motifs is 1. The van der Waals surface area contributed by atoms with E-state index in [0.29, 0.717) is 17.9 Å². The number of halogens is 1. The molecule has 0 aliphatic carbocycles. The second-order valence-electron chi connectivity index (χ2n) is 8.22. The molecular weight excluding hydrogens is 372 g/mol. The molecule has 1 amide bonds. The second kappa shape index (κ2) is 7.55. The maximum atomic E-state index is 12.4. The highest BCUT2D eigenvalue weighted by molar-refractivity contribution is 6.30. The molecule has 2 aromatic heterocycles. The number of rotatable bonds is 4. The summed E-state index contributed by atoms with van der Waals surface area (Å²) in [5, 5.41) is 9.38. The molecule has 3 rings (SSSR count). The third-order valence-corrected chi connectivity index (χ3v) is 5.19. The van der Waals surface area contributed by atoms with Crippen LogP contribution in [0.1, 0.15) is 49.7 Å². The monoisotopic (exact) mass is 398 g/mol. The van der Waals surface area contributed by atoms with Crippen LogP contribution in [0.5, 0.6) is 0 Å². The van der Waals surface area contributed by atoms with Gasteiger partial charge in [0.1, 0.15) is 0 Å². The molecule has 1 aromatic carbocycles. The molecule has 2 heterocycles. The normalized spacial score (nSPS) is 11.8. The van der Waals surface area contributed by atoms with Gasteiger partial charge in [0.2, 0.25) is 5.91 Å². The molecule has 0 saturated heterocycles. The Morgan fingerprint density at radius 2 is 1.75 bits per heavy atom. The van der Waals surface area contributed by atoms with Crippen LogP contribution in [-0.2, 0) is 16.8 Å². The van der Waals surface area contributed by atoms with Gasteiger partial charge in [-0.2, -0.15) is 5.10 Å². The molecule has 5 nitrogen and oxygen atoms in total. The van der Waals surface area contributed by atoms with Crippen molar-refractivity contribution in [2.45, 2.75) is 59.9 Å². The first-order valence-electron chi connectivity index (χ1n) is 9.49. The third kappa shape index (κ3) is 4.04. The van der Waals surface area contributed by atoms with Crippen molar-refractivity contribution in [3.8, 4) is 0 Å². The number of carbonyl (C=O) groups excluding carboxylic acids is 1. The third-order valence-electron chi connectivity index (χ3n) is 4.94. The lowest BCUT2D eigenvalue weighted by atomic mass is 9.99.